The second-order valence-corrected chi connectivity index (χ2v) is 7.76. The van der Waals surface area contributed by atoms with Crippen LogP contribution >= 0.6 is 0 Å². The highest BCUT2D eigenvalue weighted by atomic mass is 32.2. The molecule has 2 N–H and O–H groups in total. The lowest BCUT2D eigenvalue weighted by Gasteiger charge is -2.19. The van der Waals surface area contributed by atoms with E-state index in [1.165, 1.54) is 19.2 Å². The number of carbonyl (C=O) groups excluding carboxylic acids is 1. The van der Waals surface area contributed by atoms with Crippen LogP contribution in [0.4, 0.5) is 20.2 Å². The highest BCUT2D eigenvalue weighted by Gasteiger charge is 2.24. The van der Waals surface area contributed by atoms with Crippen molar-refractivity contribution in [2.45, 2.75) is 11.3 Å². The number of fused-ring (bicyclic) bond motifs is 1. The van der Waals surface area contributed by atoms with Crippen molar-refractivity contribution >= 4 is 27.3 Å². The minimum atomic E-state index is -3.59. The van der Waals surface area contributed by atoms with Gasteiger partial charge in [-0.3, -0.25) is 4.79 Å². The lowest BCUT2D eigenvalue weighted by molar-refractivity contribution is -0.115. The zero-order valence-corrected chi connectivity index (χ0v) is 14.7. The fourth-order valence-electron chi connectivity index (χ4n) is 2.87. The number of amides is 1. The van der Waals surface area contributed by atoms with Gasteiger partial charge in [-0.2, -0.15) is 0 Å². The van der Waals surface area contributed by atoms with Gasteiger partial charge in [-0.25, -0.2) is 21.9 Å². The van der Waals surface area contributed by atoms with Gasteiger partial charge in [0.15, 0.2) is 0 Å². The maximum atomic E-state index is 13.2. The molecule has 1 amide bonds. The Kier molecular flexibility index (Phi) is 4.92. The number of halogens is 2. The van der Waals surface area contributed by atoms with Gasteiger partial charge in [0.05, 0.1) is 11.4 Å². The molecule has 138 valence electrons. The van der Waals surface area contributed by atoms with Gasteiger partial charge in [-0.05, 0) is 43.3 Å². The second kappa shape index (κ2) is 7.00. The van der Waals surface area contributed by atoms with Gasteiger partial charge >= 0.3 is 0 Å². The SMILES string of the molecule is CNS(=O)(=O)c1ccc2c(c1)N(CC(=O)Nc1cc(F)cc(F)c1)CC2. The van der Waals surface area contributed by atoms with Crippen LogP contribution in [-0.4, -0.2) is 34.5 Å². The molecule has 1 heterocycles. The molecule has 0 radical (unpaired) electrons. The maximum absolute atomic E-state index is 13.2. The van der Waals surface area contributed by atoms with E-state index >= 15 is 0 Å². The van der Waals surface area contributed by atoms with Gasteiger partial charge < -0.3 is 10.2 Å². The third-order valence-corrected chi connectivity index (χ3v) is 5.52. The van der Waals surface area contributed by atoms with Crippen LogP contribution in [0.15, 0.2) is 41.3 Å². The van der Waals surface area contributed by atoms with Crippen molar-refractivity contribution in [2.75, 3.05) is 30.4 Å². The summed E-state index contributed by atoms with van der Waals surface area (Å²) in [5.41, 5.74) is 1.62. The molecule has 0 aliphatic carbocycles. The minimum Gasteiger partial charge on any atom is -0.362 e. The number of hydrogen-bond donors (Lipinski definition) is 2. The van der Waals surface area contributed by atoms with Gasteiger partial charge in [0.2, 0.25) is 15.9 Å². The summed E-state index contributed by atoms with van der Waals surface area (Å²) in [6, 6.07) is 7.52. The zero-order chi connectivity index (χ0) is 18.9. The van der Waals surface area contributed by atoms with Gasteiger partial charge in [-0.15, -0.1) is 0 Å². The smallest absolute Gasteiger partial charge is 0.243 e. The normalized spacial score (nSPS) is 13.6. The van der Waals surface area contributed by atoms with Crippen molar-refractivity contribution in [3.8, 4) is 0 Å². The lowest BCUT2D eigenvalue weighted by Crippen LogP contribution is -2.32. The predicted octanol–water partition coefficient (Wildman–Crippen LogP) is 1.87. The molecule has 2 aromatic carbocycles. The topological polar surface area (TPSA) is 78.5 Å². The van der Waals surface area contributed by atoms with Crippen LogP contribution in [0.25, 0.3) is 0 Å². The Morgan fingerprint density at radius 3 is 2.50 bits per heavy atom. The molecule has 0 bridgehead atoms. The summed E-state index contributed by atoms with van der Waals surface area (Å²) in [6.07, 6.45) is 0.678. The summed E-state index contributed by atoms with van der Waals surface area (Å²) in [5, 5.41) is 2.45. The molecule has 9 heteroatoms. The first-order valence-corrected chi connectivity index (χ1v) is 9.34. The summed E-state index contributed by atoms with van der Waals surface area (Å²) < 4.78 is 52.6. The summed E-state index contributed by atoms with van der Waals surface area (Å²) in [5.74, 6) is -2.02. The summed E-state index contributed by atoms with van der Waals surface area (Å²) >= 11 is 0. The Labute approximate surface area is 149 Å². The quantitative estimate of drug-likeness (QED) is 0.829. The Balaban J connectivity index is 1.76. The van der Waals surface area contributed by atoms with E-state index in [1.54, 1.807) is 11.0 Å². The Morgan fingerprint density at radius 1 is 1.15 bits per heavy atom. The van der Waals surface area contributed by atoms with Crippen LogP contribution in [0, 0.1) is 11.6 Å². The minimum absolute atomic E-state index is 0.0263. The van der Waals surface area contributed by atoms with Gasteiger partial charge in [0.1, 0.15) is 11.6 Å². The molecule has 1 aliphatic heterocycles. The molecule has 0 atom stereocenters. The largest absolute Gasteiger partial charge is 0.362 e. The number of anilines is 2. The fourth-order valence-corrected chi connectivity index (χ4v) is 3.62. The van der Waals surface area contributed by atoms with Crippen molar-refractivity contribution < 1.29 is 22.0 Å². The van der Waals surface area contributed by atoms with Crippen LogP contribution in [0.2, 0.25) is 0 Å². The highest BCUT2D eigenvalue weighted by molar-refractivity contribution is 7.89. The molecule has 0 unspecified atom stereocenters. The van der Waals surface area contributed by atoms with Gasteiger partial charge in [0.25, 0.3) is 0 Å². The number of carbonyl (C=O) groups is 1. The summed E-state index contributed by atoms with van der Waals surface area (Å²) in [7, 11) is -2.27. The fraction of sp³-hybridized carbons (Fsp3) is 0.235. The molecule has 26 heavy (non-hydrogen) atoms. The molecule has 0 aromatic heterocycles. The molecule has 1 aliphatic rings. The van der Waals surface area contributed by atoms with E-state index in [1.807, 2.05) is 0 Å². The summed E-state index contributed by atoms with van der Waals surface area (Å²) in [4.78, 5) is 14.1. The van der Waals surface area contributed by atoms with E-state index in [-0.39, 0.29) is 17.1 Å². The third-order valence-electron chi connectivity index (χ3n) is 4.11. The van der Waals surface area contributed by atoms with Gasteiger partial charge in [-0.1, -0.05) is 6.07 Å². The monoisotopic (exact) mass is 381 g/mol. The number of nitrogens with one attached hydrogen (secondary N) is 2. The second-order valence-electron chi connectivity index (χ2n) is 5.88. The number of benzene rings is 2. The summed E-state index contributed by atoms with van der Waals surface area (Å²) in [6.45, 7) is 0.484. The molecule has 3 rings (SSSR count). The van der Waals surface area contributed by atoms with Crippen LogP contribution in [0.1, 0.15) is 5.56 Å². The van der Waals surface area contributed by atoms with E-state index in [0.717, 1.165) is 23.8 Å². The van der Waals surface area contributed by atoms with Crippen LogP contribution in [0.3, 0.4) is 0 Å². The number of hydrogen-bond acceptors (Lipinski definition) is 4. The van der Waals surface area contributed by atoms with E-state index in [0.29, 0.717) is 18.7 Å². The Hall–Kier alpha value is -2.52. The molecule has 0 spiro atoms. The zero-order valence-electron chi connectivity index (χ0n) is 13.9. The first-order valence-electron chi connectivity index (χ1n) is 7.86. The predicted molar refractivity (Wildman–Crippen MR) is 93.6 cm³/mol. The van der Waals surface area contributed by atoms with Crippen molar-refractivity contribution in [2.24, 2.45) is 0 Å². The maximum Gasteiger partial charge on any atom is 0.243 e. The standard InChI is InChI=1S/C17H17F2N3O3S/c1-20-26(24,25)15-3-2-11-4-5-22(16(11)9-15)10-17(23)21-14-7-12(18)6-13(19)8-14/h2-3,6-9,20H,4-5,10H2,1H3,(H,21,23). The molecule has 0 saturated heterocycles. The van der Waals surface area contributed by atoms with E-state index < -0.39 is 27.6 Å². The molecule has 6 nitrogen and oxygen atoms in total. The Bertz CT molecular complexity index is 943. The first kappa shape index (κ1) is 18.3. The molecule has 0 saturated carbocycles. The van der Waals surface area contributed by atoms with E-state index in [9.17, 15) is 22.0 Å². The molecular formula is C17H17F2N3O3S. The van der Waals surface area contributed by atoms with Crippen molar-refractivity contribution in [1.29, 1.82) is 0 Å². The van der Waals surface area contributed by atoms with Crippen molar-refractivity contribution in [3.05, 3.63) is 53.6 Å². The number of sulfonamides is 1. The first-order chi connectivity index (χ1) is 12.3. The highest BCUT2D eigenvalue weighted by Crippen LogP contribution is 2.30. The average molecular weight is 381 g/mol. The third kappa shape index (κ3) is 3.83. The van der Waals surface area contributed by atoms with Crippen molar-refractivity contribution in [3.63, 3.8) is 0 Å². The average Bonchev–Trinajstić information content (AvgIpc) is 2.96. The number of nitrogens with zero attached hydrogens (tertiary/aromatic N) is 1. The molecule has 0 fully saturated rings. The number of rotatable bonds is 5. The van der Waals surface area contributed by atoms with Gasteiger partial charge in [0, 0.05) is 24.0 Å². The van der Waals surface area contributed by atoms with E-state index in [2.05, 4.69) is 10.0 Å². The van der Waals surface area contributed by atoms with E-state index in [4.69, 9.17) is 0 Å². The Morgan fingerprint density at radius 2 is 1.85 bits per heavy atom. The van der Waals surface area contributed by atoms with Crippen LogP contribution in [-0.2, 0) is 21.2 Å². The molecule has 2 aromatic rings. The van der Waals surface area contributed by atoms with Crippen molar-refractivity contribution in [1.82, 2.24) is 4.72 Å². The van der Waals surface area contributed by atoms with Crippen LogP contribution in [0.5, 0.6) is 0 Å². The lowest BCUT2D eigenvalue weighted by atomic mass is 10.2. The molecular weight excluding hydrogens is 364 g/mol. The van der Waals surface area contributed by atoms with Crippen LogP contribution < -0.4 is 14.9 Å².